The molecule has 0 bridgehead atoms. The SMILES string of the molecule is Cn1nc(C2CCCCC2)nc1C(CN)c1ccccc1. The molecular weight excluding hydrogens is 260 g/mol. The Morgan fingerprint density at radius 3 is 2.57 bits per heavy atom. The fourth-order valence-corrected chi connectivity index (χ4v) is 3.33. The molecule has 0 radical (unpaired) electrons. The summed E-state index contributed by atoms with van der Waals surface area (Å²) in [7, 11) is 1.99. The molecule has 112 valence electrons. The topological polar surface area (TPSA) is 56.7 Å². The van der Waals surface area contributed by atoms with Crippen LogP contribution in [-0.2, 0) is 7.05 Å². The zero-order valence-electron chi connectivity index (χ0n) is 12.7. The molecule has 0 saturated heterocycles. The average molecular weight is 284 g/mol. The van der Waals surface area contributed by atoms with Crippen LogP contribution in [0.1, 0.15) is 61.2 Å². The molecule has 1 aromatic carbocycles. The van der Waals surface area contributed by atoms with Gasteiger partial charge in [0.05, 0.1) is 5.92 Å². The predicted molar refractivity (Wildman–Crippen MR) is 84.2 cm³/mol. The lowest BCUT2D eigenvalue weighted by atomic mass is 9.89. The highest BCUT2D eigenvalue weighted by atomic mass is 15.3. The normalized spacial score (nSPS) is 17.8. The van der Waals surface area contributed by atoms with E-state index in [2.05, 4.69) is 29.4 Å². The summed E-state index contributed by atoms with van der Waals surface area (Å²) < 4.78 is 1.93. The van der Waals surface area contributed by atoms with Crippen molar-refractivity contribution in [3.63, 3.8) is 0 Å². The fraction of sp³-hybridized carbons (Fsp3) is 0.529. The lowest BCUT2D eigenvalue weighted by Crippen LogP contribution is -2.18. The van der Waals surface area contributed by atoms with E-state index < -0.39 is 0 Å². The highest BCUT2D eigenvalue weighted by Gasteiger charge is 2.24. The maximum atomic E-state index is 6.01. The van der Waals surface area contributed by atoms with Gasteiger partial charge in [0.1, 0.15) is 5.82 Å². The number of benzene rings is 1. The van der Waals surface area contributed by atoms with Crippen molar-refractivity contribution in [2.45, 2.75) is 43.9 Å². The first-order chi connectivity index (χ1) is 10.3. The molecule has 3 rings (SSSR count). The van der Waals surface area contributed by atoms with Crippen LogP contribution in [0.4, 0.5) is 0 Å². The van der Waals surface area contributed by atoms with E-state index in [1.165, 1.54) is 37.7 Å². The third-order valence-electron chi connectivity index (χ3n) is 4.53. The molecule has 0 aliphatic heterocycles. The summed E-state index contributed by atoms with van der Waals surface area (Å²) >= 11 is 0. The van der Waals surface area contributed by atoms with Crippen LogP contribution >= 0.6 is 0 Å². The first-order valence-corrected chi connectivity index (χ1v) is 7.95. The second-order valence-corrected chi connectivity index (χ2v) is 5.99. The van der Waals surface area contributed by atoms with Gasteiger partial charge in [0, 0.05) is 19.5 Å². The van der Waals surface area contributed by atoms with E-state index >= 15 is 0 Å². The highest BCUT2D eigenvalue weighted by molar-refractivity contribution is 5.26. The van der Waals surface area contributed by atoms with Gasteiger partial charge < -0.3 is 5.73 Å². The van der Waals surface area contributed by atoms with Crippen molar-refractivity contribution >= 4 is 0 Å². The minimum Gasteiger partial charge on any atom is -0.329 e. The van der Waals surface area contributed by atoms with Crippen molar-refractivity contribution in [2.75, 3.05) is 6.54 Å². The number of hydrogen-bond acceptors (Lipinski definition) is 3. The Labute approximate surface area is 126 Å². The van der Waals surface area contributed by atoms with Crippen molar-refractivity contribution in [3.8, 4) is 0 Å². The van der Waals surface area contributed by atoms with Crippen LogP contribution < -0.4 is 5.73 Å². The largest absolute Gasteiger partial charge is 0.329 e. The van der Waals surface area contributed by atoms with E-state index in [4.69, 9.17) is 10.7 Å². The highest BCUT2D eigenvalue weighted by Crippen LogP contribution is 2.32. The predicted octanol–water partition coefficient (Wildman–Crippen LogP) is 2.95. The summed E-state index contributed by atoms with van der Waals surface area (Å²) in [5, 5.41) is 4.68. The molecule has 4 nitrogen and oxygen atoms in total. The third kappa shape index (κ3) is 3.00. The van der Waals surface area contributed by atoms with E-state index in [-0.39, 0.29) is 5.92 Å². The second kappa shape index (κ2) is 6.39. The zero-order valence-corrected chi connectivity index (χ0v) is 12.7. The Morgan fingerprint density at radius 1 is 1.19 bits per heavy atom. The number of aromatic nitrogens is 3. The molecule has 0 spiro atoms. The van der Waals surface area contributed by atoms with Gasteiger partial charge >= 0.3 is 0 Å². The minimum absolute atomic E-state index is 0.126. The van der Waals surface area contributed by atoms with Crippen LogP contribution in [0.15, 0.2) is 30.3 Å². The van der Waals surface area contributed by atoms with Crippen LogP contribution in [-0.4, -0.2) is 21.3 Å². The smallest absolute Gasteiger partial charge is 0.154 e. The number of rotatable bonds is 4. The molecule has 0 amide bonds. The monoisotopic (exact) mass is 284 g/mol. The van der Waals surface area contributed by atoms with Gasteiger partial charge in [-0.05, 0) is 18.4 Å². The van der Waals surface area contributed by atoms with Gasteiger partial charge in [0.2, 0.25) is 0 Å². The van der Waals surface area contributed by atoms with Gasteiger partial charge in [-0.25, -0.2) is 4.98 Å². The molecule has 1 aliphatic carbocycles. The van der Waals surface area contributed by atoms with Gasteiger partial charge in [-0.15, -0.1) is 0 Å². The van der Waals surface area contributed by atoms with E-state index in [1.807, 2.05) is 17.8 Å². The van der Waals surface area contributed by atoms with E-state index in [0.29, 0.717) is 12.5 Å². The summed E-state index contributed by atoms with van der Waals surface area (Å²) in [6.07, 6.45) is 6.41. The van der Waals surface area contributed by atoms with Crippen LogP contribution in [0.5, 0.6) is 0 Å². The lowest BCUT2D eigenvalue weighted by molar-refractivity contribution is 0.427. The molecule has 2 aromatic rings. The van der Waals surface area contributed by atoms with Crippen molar-refractivity contribution in [1.29, 1.82) is 0 Å². The minimum atomic E-state index is 0.126. The summed E-state index contributed by atoms with van der Waals surface area (Å²) in [4.78, 5) is 4.85. The fourth-order valence-electron chi connectivity index (χ4n) is 3.33. The van der Waals surface area contributed by atoms with E-state index in [0.717, 1.165) is 11.6 Å². The van der Waals surface area contributed by atoms with Crippen LogP contribution in [0.2, 0.25) is 0 Å². The summed E-state index contributed by atoms with van der Waals surface area (Å²) in [5.74, 6) is 2.67. The Balaban J connectivity index is 1.89. The molecule has 1 aromatic heterocycles. The molecule has 21 heavy (non-hydrogen) atoms. The Hall–Kier alpha value is -1.68. The first kappa shape index (κ1) is 14.3. The molecule has 4 heteroatoms. The van der Waals surface area contributed by atoms with Crippen molar-refractivity contribution < 1.29 is 0 Å². The molecule has 1 fully saturated rings. The molecule has 1 saturated carbocycles. The third-order valence-corrected chi connectivity index (χ3v) is 4.53. The number of aryl methyl sites for hydroxylation is 1. The van der Waals surface area contributed by atoms with Crippen LogP contribution in [0.25, 0.3) is 0 Å². The average Bonchev–Trinajstić information content (AvgIpc) is 2.92. The zero-order chi connectivity index (χ0) is 14.7. The molecule has 1 heterocycles. The second-order valence-electron chi connectivity index (χ2n) is 5.99. The van der Waals surface area contributed by atoms with Crippen molar-refractivity contribution in [1.82, 2.24) is 14.8 Å². The summed E-state index contributed by atoms with van der Waals surface area (Å²) in [6, 6.07) is 10.4. The van der Waals surface area contributed by atoms with Gasteiger partial charge in [-0.1, -0.05) is 49.6 Å². The molecule has 2 N–H and O–H groups in total. The first-order valence-electron chi connectivity index (χ1n) is 7.95. The van der Waals surface area contributed by atoms with E-state index in [1.54, 1.807) is 0 Å². The number of hydrogen-bond donors (Lipinski definition) is 1. The number of nitrogens with zero attached hydrogens (tertiary/aromatic N) is 3. The number of nitrogens with two attached hydrogens (primary N) is 1. The van der Waals surface area contributed by atoms with Gasteiger partial charge in [-0.3, -0.25) is 4.68 Å². The van der Waals surface area contributed by atoms with Gasteiger partial charge in [0.25, 0.3) is 0 Å². The quantitative estimate of drug-likeness (QED) is 0.939. The maximum absolute atomic E-state index is 6.01. The van der Waals surface area contributed by atoms with Crippen LogP contribution in [0.3, 0.4) is 0 Å². The standard InChI is InChI=1S/C17H24N4/c1-21-17(15(12-18)13-8-4-2-5-9-13)19-16(20-21)14-10-6-3-7-11-14/h2,4-5,8-9,14-15H,3,6-7,10-12,18H2,1H3. The molecule has 1 aliphatic rings. The maximum Gasteiger partial charge on any atom is 0.154 e. The molecular formula is C17H24N4. The van der Waals surface area contributed by atoms with Crippen LogP contribution in [0, 0.1) is 0 Å². The Morgan fingerprint density at radius 2 is 1.90 bits per heavy atom. The lowest BCUT2D eigenvalue weighted by Gasteiger charge is -2.18. The van der Waals surface area contributed by atoms with Gasteiger partial charge in [-0.2, -0.15) is 5.10 Å². The summed E-state index contributed by atoms with van der Waals surface area (Å²) in [6.45, 7) is 0.556. The van der Waals surface area contributed by atoms with Gasteiger partial charge in [0.15, 0.2) is 5.82 Å². The Kier molecular flexibility index (Phi) is 4.34. The van der Waals surface area contributed by atoms with Crippen molar-refractivity contribution in [3.05, 3.63) is 47.5 Å². The Bertz CT molecular complexity index is 570. The van der Waals surface area contributed by atoms with E-state index in [9.17, 15) is 0 Å². The van der Waals surface area contributed by atoms with Crippen molar-refractivity contribution in [2.24, 2.45) is 12.8 Å². The molecule has 1 unspecified atom stereocenters. The molecule has 1 atom stereocenters. The summed E-state index contributed by atoms with van der Waals surface area (Å²) in [5.41, 5.74) is 7.23.